The third-order valence-electron chi connectivity index (χ3n) is 4.46. The van der Waals surface area contributed by atoms with E-state index >= 15 is 0 Å². The van der Waals surface area contributed by atoms with Gasteiger partial charge in [-0.15, -0.1) is 0 Å². The van der Waals surface area contributed by atoms with Crippen molar-refractivity contribution in [2.24, 2.45) is 0 Å². The van der Waals surface area contributed by atoms with E-state index in [0.29, 0.717) is 6.42 Å². The van der Waals surface area contributed by atoms with Crippen molar-refractivity contribution >= 4 is 11.6 Å². The van der Waals surface area contributed by atoms with Crippen molar-refractivity contribution in [1.82, 2.24) is 9.78 Å². The Morgan fingerprint density at radius 2 is 2.14 bits per heavy atom. The first-order valence-electron chi connectivity index (χ1n) is 7.65. The molecule has 0 saturated carbocycles. The lowest BCUT2D eigenvalue weighted by Crippen LogP contribution is -2.31. The normalized spacial score (nSPS) is 18.2. The van der Waals surface area contributed by atoms with Crippen LogP contribution in [0, 0.1) is 0 Å². The first kappa shape index (κ1) is 14.6. The Labute approximate surface area is 130 Å². The van der Waals surface area contributed by atoms with Crippen LogP contribution in [-0.4, -0.2) is 21.0 Å². The molecule has 3 rings (SSSR count). The number of halogens is 1. The van der Waals surface area contributed by atoms with Crippen LogP contribution >= 0.6 is 11.6 Å². The lowest BCUT2D eigenvalue weighted by Gasteiger charge is -2.34. The standard InChI is InChI=1S/C17H21ClN2O/c1-3-14-17(18)15(20(4-2)19-14)10-16(21)13-9-11-7-5-6-8-12(11)13/h5-8,13,16,21H,3-4,9-10H2,1-2H3. The fourth-order valence-electron chi connectivity index (χ4n) is 3.19. The molecular formula is C17H21ClN2O. The minimum atomic E-state index is -0.399. The van der Waals surface area contributed by atoms with Crippen LogP contribution in [0.15, 0.2) is 24.3 Å². The number of aryl methyl sites for hydroxylation is 2. The van der Waals surface area contributed by atoms with Gasteiger partial charge in [0.2, 0.25) is 0 Å². The number of hydrogen-bond acceptors (Lipinski definition) is 2. The molecule has 1 aliphatic carbocycles. The van der Waals surface area contributed by atoms with Gasteiger partial charge in [0.1, 0.15) is 0 Å². The Hall–Kier alpha value is -1.32. The van der Waals surface area contributed by atoms with Gasteiger partial charge in [-0.2, -0.15) is 5.10 Å². The lowest BCUT2D eigenvalue weighted by atomic mass is 9.73. The summed E-state index contributed by atoms with van der Waals surface area (Å²) in [6.45, 7) is 4.89. The third-order valence-corrected chi connectivity index (χ3v) is 4.89. The molecule has 0 bridgehead atoms. The van der Waals surface area contributed by atoms with Gasteiger partial charge in [-0.25, -0.2) is 0 Å². The molecule has 0 radical (unpaired) electrons. The zero-order chi connectivity index (χ0) is 15.0. The van der Waals surface area contributed by atoms with Crippen molar-refractivity contribution < 1.29 is 5.11 Å². The smallest absolute Gasteiger partial charge is 0.0850 e. The second-order valence-electron chi connectivity index (χ2n) is 5.66. The third kappa shape index (κ3) is 2.49. The van der Waals surface area contributed by atoms with Crippen LogP contribution in [0.5, 0.6) is 0 Å². The molecule has 0 spiro atoms. The summed E-state index contributed by atoms with van der Waals surface area (Å²) in [7, 11) is 0. The zero-order valence-corrected chi connectivity index (χ0v) is 13.3. The molecule has 4 heteroatoms. The van der Waals surface area contributed by atoms with Crippen LogP contribution < -0.4 is 0 Å². The van der Waals surface area contributed by atoms with Gasteiger partial charge in [-0.05, 0) is 30.9 Å². The van der Waals surface area contributed by atoms with Gasteiger partial charge in [0.05, 0.1) is 22.5 Å². The van der Waals surface area contributed by atoms with Gasteiger partial charge in [-0.3, -0.25) is 4.68 Å². The number of aromatic nitrogens is 2. The van der Waals surface area contributed by atoms with Crippen molar-refractivity contribution in [3.8, 4) is 0 Å². The Kier molecular flexibility index (Phi) is 4.05. The highest BCUT2D eigenvalue weighted by molar-refractivity contribution is 6.31. The van der Waals surface area contributed by atoms with Crippen LogP contribution in [0.1, 0.15) is 42.3 Å². The van der Waals surface area contributed by atoms with E-state index in [1.165, 1.54) is 11.1 Å². The Morgan fingerprint density at radius 1 is 1.38 bits per heavy atom. The summed E-state index contributed by atoms with van der Waals surface area (Å²) < 4.78 is 1.93. The predicted octanol–water partition coefficient (Wildman–Crippen LogP) is 3.36. The summed E-state index contributed by atoms with van der Waals surface area (Å²) in [6, 6.07) is 8.34. The fraction of sp³-hybridized carbons (Fsp3) is 0.471. The van der Waals surface area contributed by atoms with Gasteiger partial charge < -0.3 is 5.11 Å². The summed E-state index contributed by atoms with van der Waals surface area (Å²) in [5.74, 6) is 0.225. The van der Waals surface area contributed by atoms with E-state index < -0.39 is 6.10 Å². The summed E-state index contributed by atoms with van der Waals surface area (Å²) in [4.78, 5) is 0. The molecule has 3 nitrogen and oxygen atoms in total. The highest BCUT2D eigenvalue weighted by Gasteiger charge is 2.32. The number of rotatable bonds is 5. The quantitative estimate of drug-likeness (QED) is 0.920. The Bertz CT molecular complexity index is 650. The summed E-state index contributed by atoms with van der Waals surface area (Å²) in [6.07, 6.45) is 1.94. The SMILES string of the molecule is CCc1nn(CC)c(CC(O)C2Cc3ccccc32)c1Cl. The zero-order valence-electron chi connectivity index (χ0n) is 12.5. The second kappa shape index (κ2) is 5.82. The van der Waals surface area contributed by atoms with E-state index in [-0.39, 0.29) is 5.92 Å². The first-order valence-corrected chi connectivity index (χ1v) is 8.03. The highest BCUT2D eigenvalue weighted by Crippen LogP contribution is 2.38. The number of aliphatic hydroxyl groups excluding tert-OH is 1. The number of fused-ring (bicyclic) bond motifs is 1. The van der Waals surface area contributed by atoms with Crippen LogP contribution in [0.25, 0.3) is 0 Å². The van der Waals surface area contributed by atoms with Gasteiger partial charge in [0.15, 0.2) is 0 Å². The lowest BCUT2D eigenvalue weighted by molar-refractivity contribution is 0.131. The molecule has 0 amide bonds. The maximum Gasteiger partial charge on any atom is 0.0850 e. The van der Waals surface area contributed by atoms with Crippen molar-refractivity contribution in [3.05, 3.63) is 51.8 Å². The van der Waals surface area contributed by atoms with Gasteiger partial charge >= 0.3 is 0 Å². The Balaban J connectivity index is 1.80. The highest BCUT2D eigenvalue weighted by atomic mass is 35.5. The molecule has 0 saturated heterocycles. The van der Waals surface area contributed by atoms with Gasteiger partial charge in [0, 0.05) is 18.9 Å². The number of hydrogen-bond donors (Lipinski definition) is 1. The maximum absolute atomic E-state index is 10.6. The van der Waals surface area contributed by atoms with Crippen molar-refractivity contribution in [2.75, 3.05) is 0 Å². The molecule has 0 aliphatic heterocycles. The molecule has 1 heterocycles. The topological polar surface area (TPSA) is 38.0 Å². The molecule has 0 fully saturated rings. The van der Waals surface area contributed by atoms with E-state index in [1.807, 2.05) is 10.7 Å². The molecule has 2 atom stereocenters. The second-order valence-corrected chi connectivity index (χ2v) is 6.04. The van der Waals surface area contributed by atoms with Crippen molar-refractivity contribution in [2.45, 2.75) is 51.7 Å². The molecule has 2 aromatic rings. The average molecular weight is 305 g/mol. The van der Waals surface area contributed by atoms with E-state index in [1.54, 1.807) is 0 Å². The van der Waals surface area contributed by atoms with Crippen LogP contribution in [0.3, 0.4) is 0 Å². The first-order chi connectivity index (χ1) is 10.2. The van der Waals surface area contributed by atoms with Gasteiger partial charge in [0.25, 0.3) is 0 Å². The van der Waals surface area contributed by atoms with E-state index in [9.17, 15) is 5.11 Å². The maximum atomic E-state index is 10.6. The average Bonchev–Trinajstić information content (AvgIpc) is 2.76. The van der Waals surface area contributed by atoms with Gasteiger partial charge in [-0.1, -0.05) is 42.8 Å². The molecule has 1 aromatic carbocycles. The minimum Gasteiger partial charge on any atom is -0.392 e. The van der Waals surface area contributed by atoms with Crippen molar-refractivity contribution in [3.63, 3.8) is 0 Å². The van der Waals surface area contributed by atoms with E-state index in [2.05, 4.69) is 37.1 Å². The molecular weight excluding hydrogens is 284 g/mol. The molecule has 1 aromatic heterocycles. The van der Waals surface area contributed by atoms with E-state index in [0.717, 1.165) is 35.8 Å². The summed E-state index contributed by atoms with van der Waals surface area (Å²) >= 11 is 6.42. The molecule has 1 aliphatic rings. The Morgan fingerprint density at radius 3 is 2.81 bits per heavy atom. The number of benzene rings is 1. The fourth-order valence-corrected chi connectivity index (χ4v) is 3.54. The summed E-state index contributed by atoms with van der Waals surface area (Å²) in [5, 5.41) is 15.8. The molecule has 2 unspecified atom stereocenters. The number of nitrogens with zero attached hydrogens (tertiary/aromatic N) is 2. The summed E-state index contributed by atoms with van der Waals surface area (Å²) in [5.41, 5.74) is 4.52. The van der Waals surface area contributed by atoms with E-state index in [4.69, 9.17) is 11.6 Å². The van der Waals surface area contributed by atoms with Crippen LogP contribution in [0.2, 0.25) is 5.02 Å². The van der Waals surface area contributed by atoms with Crippen LogP contribution in [-0.2, 0) is 25.8 Å². The largest absolute Gasteiger partial charge is 0.392 e. The van der Waals surface area contributed by atoms with Crippen molar-refractivity contribution in [1.29, 1.82) is 0 Å². The predicted molar refractivity (Wildman–Crippen MR) is 84.9 cm³/mol. The number of aliphatic hydroxyl groups is 1. The molecule has 112 valence electrons. The molecule has 1 N–H and O–H groups in total. The van der Waals surface area contributed by atoms with Crippen LogP contribution in [0.4, 0.5) is 0 Å². The minimum absolute atomic E-state index is 0.225. The molecule has 21 heavy (non-hydrogen) atoms. The monoisotopic (exact) mass is 304 g/mol.